The van der Waals surface area contributed by atoms with Gasteiger partial charge in [-0.2, -0.15) is 4.68 Å². The highest BCUT2D eigenvalue weighted by Gasteiger charge is 2.21. The topological polar surface area (TPSA) is 55.6 Å². The van der Waals surface area contributed by atoms with E-state index >= 15 is 0 Å². The van der Waals surface area contributed by atoms with E-state index in [1.165, 1.54) is 5.56 Å². The van der Waals surface area contributed by atoms with Crippen LogP contribution in [0.5, 0.6) is 0 Å². The van der Waals surface area contributed by atoms with Gasteiger partial charge in [0.15, 0.2) is 5.82 Å². The molecule has 1 heterocycles. The van der Waals surface area contributed by atoms with Crippen LogP contribution in [-0.4, -0.2) is 20.2 Å². The van der Waals surface area contributed by atoms with Gasteiger partial charge in [0.1, 0.15) is 0 Å². The number of rotatable bonds is 6. The minimum atomic E-state index is -0.134. The molecule has 0 aliphatic heterocycles. The predicted octanol–water partition coefficient (Wildman–Crippen LogP) is 4.30. The van der Waals surface area contributed by atoms with Crippen molar-refractivity contribution in [2.24, 2.45) is 0 Å². The monoisotopic (exact) mass is 419 g/mol. The van der Waals surface area contributed by atoms with Crippen LogP contribution in [0.1, 0.15) is 23.0 Å². The normalized spacial score (nSPS) is 12.0. The molecule has 1 aromatic heterocycles. The van der Waals surface area contributed by atoms with Gasteiger partial charge < -0.3 is 0 Å². The third-order valence-electron chi connectivity index (χ3n) is 4.31. The fourth-order valence-electron chi connectivity index (χ4n) is 2.96. The second-order valence-electron chi connectivity index (χ2n) is 6.14. The van der Waals surface area contributed by atoms with E-state index in [1.807, 2.05) is 60.7 Å². The minimum Gasteiger partial charge on any atom is -0.299 e. The van der Waals surface area contributed by atoms with E-state index in [0.29, 0.717) is 6.54 Å². The molecule has 0 saturated carbocycles. The number of halogens is 1. The lowest BCUT2D eigenvalue weighted by Gasteiger charge is -2.19. The first-order valence-electron chi connectivity index (χ1n) is 8.68. The van der Waals surface area contributed by atoms with Crippen molar-refractivity contribution in [1.82, 2.24) is 25.5 Å². The molecule has 0 spiro atoms. The molecular formula is C21H18BrN5. The molecule has 0 fully saturated rings. The number of hydrogen-bond donors (Lipinski definition) is 1. The van der Waals surface area contributed by atoms with Crippen LogP contribution in [0.15, 0.2) is 89.4 Å². The summed E-state index contributed by atoms with van der Waals surface area (Å²) in [5.74, 6) is 0.749. The van der Waals surface area contributed by atoms with Crippen molar-refractivity contribution < 1.29 is 0 Å². The third-order valence-corrected chi connectivity index (χ3v) is 4.84. The maximum absolute atomic E-state index is 4.33. The summed E-state index contributed by atoms with van der Waals surface area (Å²) in [6, 6.07) is 28.4. The van der Waals surface area contributed by atoms with Gasteiger partial charge >= 0.3 is 0 Å². The van der Waals surface area contributed by atoms with Crippen LogP contribution < -0.4 is 5.32 Å². The van der Waals surface area contributed by atoms with Crippen LogP contribution in [0.4, 0.5) is 0 Å². The number of nitrogens with zero attached hydrogens (tertiary/aromatic N) is 4. The van der Waals surface area contributed by atoms with Crippen LogP contribution in [0.2, 0.25) is 0 Å². The molecule has 1 atom stereocenters. The van der Waals surface area contributed by atoms with Gasteiger partial charge in [-0.3, -0.25) is 5.32 Å². The van der Waals surface area contributed by atoms with Gasteiger partial charge in [-0.25, -0.2) is 0 Å². The number of tetrazole rings is 1. The van der Waals surface area contributed by atoms with Crippen LogP contribution >= 0.6 is 15.9 Å². The van der Waals surface area contributed by atoms with Crippen molar-refractivity contribution in [1.29, 1.82) is 0 Å². The van der Waals surface area contributed by atoms with Crippen molar-refractivity contribution in [3.05, 3.63) is 106 Å². The molecule has 27 heavy (non-hydrogen) atoms. The molecule has 3 aromatic carbocycles. The summed E-state index contributed by atoms with van der Waals surface area (Å²) in [7, 11) is 0. The zero-order valence-corrected chi connectivity index (χ0v) is 16.1. The number of benzene rings is 3. The molecular weight excluding hydrogens is 402 g/mol. The fraction of sp³-hybridized carbons (Fsp3) is 0.0952. The molecule has 0 saturated heterocycles. The predicted molar refractivity (Wildman–Crippen MR) is 108 cm³/mol. The fourth-order valence-corrected chi connectivity index (χ4v) is 3.22. The Bertz CT molecular complexity index is 984. The highest BCUT2D eigenvalue weighted by molar-refractivity contribution is 9.10. The average Bonchev–Trinajstić information content (AvgIpc) is 3.20. The van der Waals surface area contributed by atoms with Crippen LogP contribution in [0.3, 0.4) is 0 Å². The zero-order valence-electron chi connectivity index (χ0n) is 14.5. The lowest BCUT2D eigenvalue weighted by atomic mass is 10.1. The number of hydrogen-bond acceptors (Lipinski definition) is 4. The Labute approximate surface area is 166 Å². The van der Waals surface area contributed by atoms with Crippen LogP contribution in [0.25, 0.3) is 5.69 Å². The minimum absolute atomic E-state index is 0.134. The highest BCUT2D eigenvalue weighted by atomic mass is 79.9. The summed E-state index contributed by atoms with van der Waals surface area (Å²) < 4.78 is 2.80. The quantitative estimate of drug-likeness (QED) is 0.505. The van der Waals surface area contributed by atoms with Gasteiger partial charge in [-0.1, -0.05) is 76.6 Å². The van der Waals surface area contributed by atoms with Crippen molar-refractivity contribution in [3.8, 4) is 5.69 Å². The SMILES string of the molecule is Brc1ccc(-n2nnnc2C(NCc2ccccc2)c2ccccc2)cc1. The van der Waals surface area contributed by atoms with Crippen molar-refractivity contribution in [3.63, 3.8) is 0 Å². The number of nitrogens with one attached hydrogen (secondary N) is 1. The molecule has 6 heteroatoms. The van der Waals surface area contributed by atoms with E-state index < -0.39 is 0 Å². The summed E-state index contributed by atoms with van der Waals surface area (Å²) >= 11 is 3.47. The van der Waals surface area contributed by atoms with E-state index in [4.69, 9.17) is 0 Å². The molecule has 0 bridgehead atoms. The van der Waals surface area contributed by atoms with Crippen molar-refractivity contribution >= 4 is 15.9 Å². The molecule has 0 aliphatic rings. The smallest absolute Gasteiger partial charge is 0.178 e. The first kappa shape index (κ1) is 17.6. The van der Waals surface area contributed by atoms with Crippen molar-refractivity contribution in [2.75, 3.05) is 0 Å². The molecule has 4 aromatic rings. The summed E-state index contributed by atoms with van der Waals surface area (Å²) in [5, 5.41) is 16.1. The van der Waals surface area contributed by atoms with Gasteiger partial charge in [0.2, 0.25) is 0 Å². The highest BCUT2D eigenvalue weighted by Crippen LogP contribution is 2.23. The Balaban J connectivity index is 1.69. The first-order chi connectivity index (χ1) is 13.3. The molecule has 5 nitrogen and oxygen atoms in total. The lowest BCUT2D eigenvalue weighted by Crippen LogP contribution is -2.25. The maximum atomic E-state index is 4.33. The van der Waals surface area contributed by atoms with E-state index in [0.717, 1.165) is 21.5 Å². The maximum Gasteiger partial charge on any atom is 0.178 e. The number of aromatic nitrogens is 4. The van der Waals surface area contributed by atoms with Gasteiger partial charge in [0.25, 0.3) is 0 Å². The van der Waals surface area contributed by atoms with E-state index in [1.54, 1.807) is 4.68 Å². The Morgan fingerprint density at radius 2 is 1.52 bits per heavy atom. The molecule has 4 rings (SSSR count). The van der Waals surface area contributed by atoms with Crippen molar-refractivity contribution in [2.45, 2.75) is 12.6 Å². The van der Waals surface area contributed by atoms with Crippen LogP contribution in [-0.2, 0) is 6.54 Å². The summed E-state index contributed by atoms with van der Waals surface area (Å²) in [5.41, 5.74) is 3.24. The first-order valence-corrected chi connectivity index (χ1v) is 9.47. The van der Waals surface area contributed by atoms with Gasteiger partial charge in [-0.15, -0.1) is 5.10 Å². The summed E-state index contributed by atoms with van der Waals surface area (Å²) in [4.78, 5) is 0. The van der Waals surface area contributed by atoms with Gasteiger partial charge in [0.05, 0.1) is 11.7 Å². The largest absolute Gasteiger partial charge is 0.299 e. The second kappa shape index (κ2) is 8.24. The summed E-state index contributed by atoms with van der Waals surface area (Å²) in [6.07, 6.45) is 0. The van der Waals surface area contributed by atoms with Crippen LogP contribution in [0, 0.1) is 0 Å². The Kier molecular flexibility index (Phi) is 5.37. The second-order valence-corrected chi connectivity index (χ2v) is 7.05. The molecule has 0 aliphatic carbocycles. The van der Waals surface area contributed by atoms with E-state index in [-0.39, 0.29) is 6.04 Å². The molecule has 0 radical (unpaired) electrons. The molecule has 1 unspecified atom stereocenters. The van der Waals surface area contributed by atoms with Gasteiger partial charge in [-0.05, 0) is 45.8 Å². The van der Waals surface area contributed by atoms with E-state index in [2.05, 4.69) is 61.0 Å². The summed E-state index contributed by atoms with van der Waals surface area (Å²) in [6.45, 7) is 0.716. The Hall–Kier alpha value is -2.83. The third kappa shape index (κ3) is 4.13. The molecule has 1 N–H and O–H groups in total. The van der Waals surface area contributed by atoms with Gasteiger partial charge in [0, 0.05) is 11.0 Å². The molecule has 134 valence electrons. The Morgan fingerprint density at radius 3 is 2.22 bits per heavy atom. The zero-order chi connectivity index (χ0) is 18.5. The Morgan fingerprint density at radius 1 is 0.852 bits per heavy atom. The lowest BCUT2D eigenvalue weighted by molar-refractivity contribution is 0.560. The standard InChI is InChI=1S/C21H18BrN5/c22-18-11-13-19(14-12-18)27-21(24-25-26-27)20(17-9-5-2-6-10-17)23-15-16-7-3-1-4-8-16/h1-14,20,23H,15H2. The van der Waals surface area contributed by atoms with E-state index in [9.17, 15) is 0 Å². The average molecular weight is 420 g/mol. The molecule has 0 amide bonds.